The molecule has 0 aromatic heterocycles. The minimum atomic E-state index is 0.571. The fraction of sp³-hybridized carbons (Fsp3) is 0.714. The van der Waals surface area contributed by atoms with E-state index in [0.29, 0.717) is 5.41 Å². The van der Waals surface area contributed by atoms with Crippen LogP contribution in [-0.4, -0.2) is 62.8 Å². The van der Waals surface area contributed by atoms with Crippen molar-refractivity contribution >= 4 is 0 Å². The lowest BCUT2D eigenvalue weighted by atomic mass is 9.77. The van der Waals surface area contributed by atoms with Gasteiger partial charge < -0.3 is 14.4 Å². The Labute approximate surface area is 152 Å². The van der Waals surface area contributed by atoms with Gasteiger partial charge in [-0.1, -0.05) is 12.1 Å². The normalized spacial score (nSPS) is 27.2. The number of piperidine rings is 1. The van der Waals surface area contributed by atoms with Crippen molar-refractivity contribution in [1.29, 1.82) is 0 Å². The van der Waals surface area contributed by atoms with E-state index < -0.39 is 0 Å². The summed E-state index contributed by atoms with van der Waals surface area (Å²) in [5.41, 5.74) is 1.94. The molecule has 3 heterocycles. The molecule has 3 aliphatic rings. The first kappa shape index (κ1) is 17.3. The topological polar surface area (TPSA) is 24.9 Å². The van der Waals surface area contributed by atoms with E-state index in [1.54, 1.807) is 7.11 Å². The molecule has 0 N–H and O–H groups in total. The molecule has 3 fully saturated rings. The lowest BCUT2D eigenvalue weighted by Gasteiger charge is -2.40. The summed E-state index contributed by atoms with van der Waals surface area (Å²) >= 11 is 0. The summed E-state index contributed by atoms with van der Waals surface area (Å²) in [5, 5.41) is 0. The van der Waals surface area contributed by atoms with Crippen LogP contribution in [0.5, 0.6) is 5.75 Å². The van der Waals surface area contributed by atoms with Crippen molar-refractivity contribution in [1.82, 2.24) is 9.80 Å². The fourth-order valence-electron chi connectivity index (χ4n) is 4.90. The summed E-state index contributed by atoms with van der Waals surface area (Å²) in [6, 6.07) is 8.53. The Morgan fingerprint density at radius 2 is 1.96 bits per heavy atom. The predicted octanol–water partition coefficient (Wildman–Crippen LogP) is 3.02. The second-order valence-electron chi connectivity index (χ2n) is 8.34. The molecule has 0 saturated carbocycles. The summed E-state index contributed by atoms with van der Waals surface area (Å²) in [7, 11) is 1.75. The highest BCUT2D eigenvalue weighted by molar-refractivity contribution is 5.28. The number of ether oxygens (including phenoxy) is 2. The van der Waals surface area contributed by atoms with Crippen LogP contribution < -0.4 is 4.74 Å². The first-order valence-corrected chi connectivity index (χ1v) is 9.90. The van der Waals surface area contributed by atoms with Crippen LogP contribution in [-0.2, 0) is 11.3 Å². The van der Waals surface area contributed by atoms with Crippen LogP contribution >= 0.6 is 0 Å². The summed E-state index contributed by atoms with van der Waals surface area (Å²) in [6.45, 7) is 9.34. The minimum Gasteiger partial charge on any atom is -0.497 e. The van der Waals surface area contributed by atoms with Crippen LogP contribution in [0.2, 0.25) is 0 Å². The maximum absolute atomic E-state index is 5.54. The Morgan fingerprint density at radius 1 is 1.16 bits per heavy atom. The van der Waals surface area contributed by atoms with Crippen LogP contribution in [0.15, 0.2) is 24.3 Å². The summed E-state index contributed by atoms with van der Waals surface area (Å²) in [6.07, 6.45) is 5.37. The van der Waals surface area contributed by atoms with Gasteiger partial charge in [-0.2, -0.15) is 0 Å². The molecule has 0 bridgehead atoms. The zero-order chi connectivity index (χ0) is 17.1. The molecule has 3 saturated heterocycles. The standard InChI is InChI=1S/C21H32N2O2/c1-24-20-4-2-3-18(13-20)14-23-11-8-21(17-23)6-9-22(10-7-21)15-19-5-12-25-16-19/h2-4,13,19H,5-12,14-17H2,1H3. The van der Waals surface area contributed by atoms with Gasteiger partial charge in [0.25, 0.3) is 0 Å². The van der Waals surface area contributed by atoms with Gasteiger partial charge in [-0.3, -0.25) is 4.90 Å². The molecule has 0 amide bonds. The Hall–Kier alpha value is -1.10. The second kappa shape index (κ2) is 7.65. The van der Waals surface area contributed by atoms with E-state index in [9.17, 15) is 0 Å². The van der Waals surface area contributed by atoms with E-state index >= 15 is 0 Å². The monoisotopic (exact) mass is 344 g/mol. The van der Waals surface area contributed by atoms with Crippen molar-refractivity contribution in [3.63, 3.8) is 0 Å². The molecule has 4 rings (SSSR count). The maximum Gasteiger partial charge on any atom is 0.119 e. The molecular formula is C21H32N2O2. The average Bonchev–Trinajstić information content (AvgIpc) is 3.28. The van der Waals surface area contributed by atoms with Crippen molar-refractivity contribution in [2.75, 3.05) is 53.0 Å². The Morgan fingerprint density at radius 3 is 2.68 bits per heavy atom. The highest BCUT2D eigenvalue weighted by atomic mass is 16.5. The number of likely N-dealkylation sites (tertiary alicyclic amines) is 2. The van der Waals surface area contributed by atoms with Crippen molar-refractivity contribution < 1.29 is 9.47 Å². The molecule has 1 aromatic rings. The van der Waals surface area contributed by atoms with Crippen LogP contribution in [0, 0.1) is 11.3 Å². The van der Waals surface area contributed by atoms with Gasteiger partial charge in [-0.05, 0) is 74.3 Å². The molecule has 0 aliphatic carbocycles. The SMILES string of the molecule is COc1cccc(CN2CCC3(CCN(CC4CCOC4)CC3)C2)c1. The van der Waals surface area contributed by atoms with Crippen LogP contribution in [0.3, 0.4) is 0 Å². The molecule has 1 spiro atoms. The number of rotatable bonds is 5. The third-order valence-electron chi connectivity index (χ3n) is 6.51. The minimum absolute atomic E-state index is 0.571. The number of methoxy groups -OCH3 is 1. The van der Waals surface area contributed by atoms with Gasteiger partial charge in [0.2, 0.25) is 0 Å². The smallest absolute Gasteiger partial charge is 0.119 e. The second-order valence-corrected chi connectivity index (χ2v) is 8.34. The highest BCUT2D eigenvalue weighted by Gasteiger charge is 2.40. The van der Waals surface area contributed by atoms with E-state index in [4.69, 9.17) is 9.47 Å². The third kappa shape index (κ3) is 4.18. The van der Waals surface area contributed by atoms with Gasteiger partial charge in [0.1, 0.15) is 5.75 Å². The molecule has 4 heteroatoms. The zero-order valence-corrected chi connectivity index (χ0v) is 15.6. The summed E-state index contributed by atoms with van der Waals surface area (Å²) in [5.74, 6) is 1.75. The molecule has 25 heavy (non-hydrogen) atoms. The molecule has 138 valence electrons. The van der Waals surface area contributed by atoms with Crippen molar-refractivity contribution in [2.24, 2.45) is 11.3 Å². The zero-order valence-electron chi connectivity index (χ0n) is 15.6. The van der Waals surface area contributed by atoms with Crippen molar-refractivity contribution in [2.45, 2.75) is 32.2 Å². The molecule has 0 radical (unpaired) electrons. The Bertz CT molecular complexity index is 563. The Balaban J connectivity index is 1.27. The summed E-state index contributed by atoms with van der Waals surface area (Å²) in [4.78, 5) is 5.34. The van der Waals surface area contributed by atoms with Gasteiger partial charge >= 0.3 is 0 Å². The van der Waals surface area contributed by atoms with E-state index in [1.165, 1.54) is 64.0 Å². The first-order chi connectivity index (χ1) is 12.2. The fourth-order valence-corrected chi connectivity index (χ4v) is 4.90. The molecule has 1 unspecified atom stereocenters. The van der Waals surface area contributed by atoms with Crippen LogP contribution in [0.1, 0.15) is 31.2 Å². The van der Waals surface area contributed by atoms with E-state index in [2.05, 4.69) is 28.0 Å². The Kier molecular flexibility index (Phi) is 5.30. The van der Waals surface area contributed by atoms with Crippen LogP contribution in [0.4, 0.5) is 0 Å². The van der Waals surface area contributed by atoms with Crippen molar-refractivity contribution in [3.8, 4) is 5.75 Å². The lowest BCUT2D eigenvalue weighted by Crippen LogP contribution is -2.43. The van der Waals surface area contributed by atoms with Crippen molar-refractivity contribution in [3.05, 3.63) is 29.8 Å². The largest absolute Gasteiger partial charge is 0.497 e. The quantitative estimate of drug-likeness (QED) is 0.820. The van der Waals surface area contributed by atoms with Gasteiger partial charge in [0, 0.05) is 26.2 Å². The highest BCUT2D eigenvalue weighted by Crippen LogP contribution is 2.41. The number of nitrogens with zero attached hydrogens (tertiary/aromatic N) is 2. The number of hydrogen-bond donors (Lipinski definition) is 0. The molecule has 1 atom stereocenters. The van der Waals surface area contributed by atoms with Gasteiger partial charge in [-0.15, -0.1) is 0 Å². The molecular weight excluding hydrogens is 312 g/mol. The third-order valence-corrected chi connectivity index (χ3v) is 6.51. The first-order valence-electron chi connectivity index (χ1n) is 9.90. The average molecular weight is 344 g/mol. The lowest BCUT2D eigenvalue weighted by molar-refractivity contribution is 0.0906. The van der Waals surface area contributed by atoms with E-state index in [1.807, 2.05) is 6.07 Å². The maximum atomic E-state index is 5.54. The van der Waals surface area contributed by atoms with Gasteiger partial charge in [-0.25, -0.2) is 0 Å². The number of hydrogen-bond acceptors (Lipinski definition) is 4. The van der Waals surface area contributed by atoms with Crippen LogP contribution in [0.25, 0.3) is 0 Å². The van der Waals surface area contributed by atoms with Gasteiger partial charge in [0.15, 0.2) is 0 Å². The molecule has 4 nitrogen and oxygen atoms in total. The number of benzene rings is 1. The predicted molar refractivity (Wildman–Crippen MR) is 99.9 cm³/mol. The molecule has 3 aliphatic heterocycles. The summed E-state index contributed by atoms with van der Waals surface area (Å²) < 4.78 is 10.9. The van der Waals surface area contributed by atoms with E-state index in [-0.39, 0.29) is 0 Å². The molecule has 1 aromatic carbocycles. The van der Waals surface area contributed by atoms with E-state index in [0.717, 1.165) is 31.4 Å². The van der Waals surface area contributed by atoms with Gasteiger partial charge in [0.05, 0.1) is 13.7 Å².